The molecule has 0 aliphatic carbocycles. The third kappa shape index (κ3) is 16.6. The second kappa shape index (κ2) is 17.6. The van der Waals surface area contributed by atoms with E-state index >= 15 is 0 Å². The first-order chi connectivity index (χ1) is 10.7. The Morgan fingerprint density at radius 2 is 1.27 bits per heavy atom. The Bertz CT molecular complexity index is 254. The third-order valence-corrected chi connectivity index (χ3v) is 4.50. The molecule has 0 aliphatic heterocycles. The van der Waals surface area contributed by atoms with E-state index in [4.69, 9.17) is 5.02 Å². The summed E-state index contributed by atoms with van der Waals surface area (Å²) < 4.78 is 9.22. The molecule has 0 aromatic heterocycles. The van der Waals surface area contributed by atoms with Crippen LogP contribution < -0.4 is 0 Å². The topological polar surface area (TPSA) is 55.8 Å². The van der Waals surface area contributed by atoms with Crippen molar-refractivity contribution in [3.63, 3.8) is 0 Å². The molecule has 0 amide bonds. The third-order valence-electron chi connectivity index (χ3n) is 3.83. The SMILES string of the molecule is CCCCCCCCCCCCCCCC(=O)OB(O)[O][SbH2]. The number of carbonyl (C=O) groups excluding carboxylic acids is 1. The summed E-state index contributed by atoms with van der Waals surface area (Å²) >= 11 is 0.418. The summed E-state index contributed by atoms with van der Waals surface area (Å²) in [5.41, 5.74) is 0. The zero-order valence-corrected chi connectivity index (χ0v) is 17.5. The summed E-state index contributed by atoms with van der Waals surface area (Å²) in [6.07, 6.45) is 17.1. The van der Waals surface area contributed by atoms with Gasteiger partial charge in [0.2, 0.25) is 0 Å². The molecule has 0 aromatic rings. The van der Waals surface area contributed by atoms with Crippen molar-refractivity contribution >= 4 is 36.7 Å². The molecular weight excluding hydrogens is 389 g/mol. The van der Waals surface area contributed by atoms with Crippen LogP contribution in [0.1, 0.15) is 96.8 Å². The number of hydrogen-bond acceptors (Lipinski definition) is 4. The van der Waals surface area contributed by atoms with Crippen LogP contribution in [-0.4, -0.2) is 41.8 Å². The predicted octanol–water partition coefficient (Wildman–Crippen LogP) is 3.55. The van der Waals surface area contributed by atoms with Gasteiger partial charge in [0.1, 0.15) is 0 Å². The number of carbonyl (C=O) groups is 1. The molecule has 0 aliphatic rings. The Morgan fingerprint density at radius 3 is 1.68 bits per heavy atom. The molecule has 0 saturated heterocycles. The van der Waals surface area contributed by atoms with Crippen molar-refractivity contribution in [1.29, 1.82) is 0 Å². The molecule has 0 aromatic carbocycles. The fourth-order valence-corrected chi connectivity index (χ4v) is 2.64. The first-order valence-corrected chi connectivity index (χ1v) is 10.3. The van der Waals surface area contributed by atoms with Gasteiger partial charge in [-0.2, -0.15) is 0 Å². The monoisotopic (exact) mass is 422 g/mol. The van der Waals surface area contributed by atoms with E-state index in [-0.39, 0.29) is 5.97 Å². The van der Waals surface area contributed by atoms with Crippen molar-refractivity contribution in [2.75, 3.05) is 0 Å². The van der Waals surface area contributed by atoms with Crippen LogP contribution in [0, 0.1) is 0 Å². The van der Waals surface area contributed by atoms with E-state index in [1.54, 1.807) is 0 Å². The Balaban J connectivity index is 3.12. The summed E-state index contributed by atoms with van der Waals surface area (Å²) in [7, 11) is -1.36. The van der Waals surface area contributed by atoms with Gasteiger partial charge >= 0.3 is 106 Å². The molecular formula is C16H34BO4Sb. The molecule has 0 unspecified atom stereocenters. The van der Waals surface area contributed by atoms with Gasteiger partial charge in [-0.3, -0.25) is 0 Å². The van der Waals surface area contributed by atoms with E-state index in [0.29, 0.717) is 29.9 Å². The molecule has 0 fully saturated rings. The van der Waals surface area contributed by atoms with Crippen LogP contribution in [-0.2, 0) is 12.4 Å². The molecule has 0 heterocycles. The summed E-state index contributed by atoms with van der Waals surface area (Å²) in [6.45, 7) is 2.26. The predicted molar refractivity (Wildman–Crippen MR) is 94.0 cm³/mol. The molecule has 22 heavy (non-hydrogen) atoms. The summed E-state index contributed by atoms with van der Waals surface area (Å²) in [5.74, 6) is -0.370. The molecule has 4 nitrogen and oxygen atoms in total. The Kier molecular flexibility index (Phi) is 17.8. The first-order valence-electron chi connectivity index (χ1n) is 8.93. The van der Waals surface area contributed by atoms with Crippen molar-refractivity contribution in [3.8, 4) is 0 Å². The fraction of sp³-hybridized carbons (Fsp3) is 0.938. The Morgan fingerprint density at radius 1 is 0.864 bits per heavy atom. The molecule has 0 saturated carbocycles. The fourth-order valence-electron chi connectivity index (χ4n) is 2.49. The minimum atomic E-state index is -1.36. The van der Waals surface area contributed by atoms with Crippen molar-refractivity contribution in [2.24, 2.45) is 0 Å². The van der Waals surface area contributed by atoms with E-state index in [9.17, 15) is 4.79 Å². The second-order valence-electron chi connectivity index (χ2n) is 5.93. The molecule has 6 heteroatoms. The average molecular weight is 423 g/mol. The maximum absolute atomic E-state index is 11.3. The van der Waals surface area contributed by atoms with Crippen LogP contribution in [0.2, 0.25) is 0 Å². The molecule has 130 valence electrons. The van der Waals surface area contributed by atoms with E-state index in [2.05, 4.69) is 14.5 Å². The minimum absolute atomic E-state index is 0.370. The van der Waals surface area contributed by atoms with Gasteiger partial charge in [0.25, 0.3) is 0 Å². The van der Waals surface area contributed by atoms with Gasteiger partial charge in [-0.05, 0) is 0 Å². The van der Waals surface area contributed by atoms with Gasteiger partial charge in [-0.1, -0.05) is 45.4 Å². The average Bonchev–Trinajstić information content (AvgIpc) is 2.51. The zero-order valence-electron chi connectivity index (χ0n) is 14.2. The molecule has 0 spiro atoms. The summed E-state index contributed by atoms with van der Waals surface area (Å²) in [5, 5.41) is 9.00. The van der Waals surface area contributed by atoms with Gasteiger partial charge in [-0.15, -0.1) is 0 Å². The normalized spacial score (nSPS) is 10.7. The van der Waals surface area contributed by atoms with Gasteiger partial charge in [0.05, 0.1) is 0 Å². The van der Waals surface area contributed by atoms with E-state index in [0.717, 1.165) is 12.8 Å². The van der Waals surface area contributed by atoms with Crippen LogP contribution >= 0.6 is 0 Å². The second-order valence-corrected chi connectivity index (χ2v) is 6.70. The van der Waals surface area contributed by atoms with Crippen LogP contribution in [0.15, 0.2) is 0 Å². The number of unbranched alkanes of at least 4 members (excludes halogenated alkanes) is 12. The molecule has 1 N–H and O–H groups in total. The maximum atomic E-state index is 11.3. The van der Waals surface area contributed by atoms with Crippen LogP contribution in [0.4, 0.5) is 0 Å². The molecule has 0 radical (unpaired) electrons. The Labute approximate surface area is 150 Å². The van der Waals surface area contributed by atoms with Gasteiger partial charge < -0.3 is 0 Å². The summed E-state index contributed by atoms with van der Waals surface area (Å²) in [4.78, 5) is 11.3. The first kappa shape index (κ1) is 22.3. The van der Waals surface area contributed by atoms with Crippen molar-refractivity contribution in [3.05, 3.63) is 0 Å². The van der Waals surface area contributed by atoms with E-state index < -0.39 is 7.32 Å². The van der Waals surface area contributed by atoms with Gasteiger partial charge in [-0.25, -0.2) is 0 Å². The van der Waals surface area contributed by atoms with Crippen LogP contribution in [0.3, 0.4) is 0 Å². The Hall–Kier alpha value is 0.273. The standard InChI is InChI=1S/C16H32BO4.Sb.2H/c1-2-3-4-5-6-7-8-9-10-11-12-13-14-15-16(18)21-17(19)20;;;/h19H,2-15H2,1H3;;;/q-1;+1;;. The van der Waals surface area contributed by atoms with Crippen molar-refractivity contribution in [2.45, 2.75) is 96.8 Å². The quantitative estimate of drug-likeness (QED) is 0.305. The molecule has 0 atom stereocenters. The molecule has 0 bridgehead atoms. The number of hydrogen-bond donors (Lipinski definition) is 1. The van der Waals surface area contributed by atoms with Crippen molar-refractivity contribution < 1.29 is 17.4 Å². The van der Waals surface area contributed by atoms with Gasteiger partial charge in [0.15, 0.2) is 0 Å². The van der Waals surface area contributed by atoms with E-state index in [1.165, 1.54) is 70.6 Å². The van der Waals surface area contributed by atoms with Crippen LogP contribution in [0.5, 0.6) is 0 Å². The van der Waals surface area contributed by atoms with Crippen molar-refractivity contribution in [1.82, 2.24) is 0 Å². The van der Waals surface area contributed by atoms with Gasteiger partial charge in [0, 0.05) is 0 Å². The number of rotatable bonds is 16. The van der Waals surface area contributed by atoms with Crippen LogP contribution in [0.25, 0.3) is 0 Å². The summed E-state index contributed by atoms with van der Waals surface area (Å²) in [6, 6.07) is 0. The van der Waals surface area contributed by atoms with E-state index in [1.807, 2.05) is 0 Å². The molecule has 0 rings (SSSR count). The zero-order chi connectivity index (χ0) is 16.5.